The van der Waals surface area contributed by atoms with Crippen LogP contribution < -0.4 is 4.72 Å². The molecular weight excluding hydrogens is 489 g/mol. The molecule has 0 unspecified atom stereocenters. The molecule has 0 saturated carbocycles. The number of sulfonamides is 1. The summed E-state index contributed by atoms with van der Waals surface area (Å²) in [6.45, 7) is 8.89. The molecule has 2 aliphatic heterocycles. The van der Waals surface area contributed by atoms with Gasteiger partial charge in [-0.2, -0.15) is 0 Å². The van der Waals surface area contributed by atoms with Crippen molar-refractivity contribution in [3.8, 4) is 0 Å². The highest BCUT2D eigenvalue weighted by atomic mass is 35.5. The Bertz CT molecular complexity index is 985. The minimum atomic E-state index is -3.30. The fourth-order valence-electron chi connectivity index (χ4n) is 5.17. The van der Waals surface area contributed by atoms with Crippen molar-refractivity contribution in [1.29, 1.82) is 0 Å². The summed E-state index contributed by atoms with van der Waals surface area (Å²) in [7, 11) is -3.30. The van der Waals surface area contributed by atoms with E-state index in [-0.39, 0.29) is 23.8 Å². The van der Waals surface area contributed by atoms with Crippen LogP contribution in [0, 0.1) is 11.8 Å². The zero-order valence-electron chi connectivity index (χ0n) is 20.0. The molecule has 2 aliphatic rings. The van der Waals surface area contributed by atoms with Crippen molar-refractivity contribution in [3.05, 3.63) is 69.7 Å². The van der Waals surface area contributed by atoms with E-state index in [0.29, 0.717) is 29.1 Å². The van der Waals surface area contributed by atoms with E-state index in [2.05, 4.69) is 28.4 Å². The minimum Gasteiger partial charge on any atom is -0.303 e. The maximum absolute atomic E-state index is 12.9. The SMILES string of the molecule is CC(C)CN1CCC(CS(=O)(=O)NC2CN(C(c3ccc(Cl)cc3)c3ccc(Cl)cc3)C2)CC1. The van der Waals surface area contributed by atoms with Crippen LogP contribution >= 0.6 is 23.2 Å². The Kier molecular flexibility index (Phi) is 8.60. The van der Waals surface area contributed by atoms with Gasteiger partial charge in [-0.1, -0.05) is 61.3 Å². The van der Waals surface area contributed by atoms with Crippen molar-refractivity contribution in [2.24, 2.45) is 11.8 Å². The number of nitrogens with zero attached hydrogens (tertiary/aromatic N) is 2. The Morgan fingerprint density at radius 2 is 1.41 bits per heavy atom. The van der Waals surface area contributed by atoms with Gasteiger partial charge in [0.05, 0.1) is 11.8 Å². The van der Waals surface area contributed by atoms with E-state index in [0.717, 1.165) is 43.6 Å². The lowest BCUT2D eigenvalue weighted by atomic mass is 9.93. The molecule has 2 aromatic rings. The Labute approximate surface area is 214 Å². The molecule has 0 bridgehead atoms. The number of hydrogen-bond donors (Lipinski definition) is 1. The molecule has 34 heavy (non-hydrogen) atoms. The van der Waals surface area contributed by atoms with Gasteiger partial charge in [-0.3, -0.25) is 4.90 Å². The number of nitrogens with one attached hydrogen (secondary N) is 1. The van der Waals surface area contributed by atoms with Crippen LogP contribution in [-0.2, 0) is 10.0 Å². The highest BCUT2D eigenvalue weighted by molar-refractivity contribution is 7.89. The molecule has 186 valence electrons. The molecule has 4 rings (SSSR count). The zero-order chi connectivity index (χ0) is 24.3. The van der Waals surface area contributed by atoms with Gasteiger partial charge in [-0.05, 0) is 73.2 Å². The molecule has 0 aliphatic carbocycles. The van der Waals surface area contributed by atoms with Gasteiger partial charge < -0.3 is 4.90 Å². The number of hydrogen-bond acceptors (Lipinski definition) is 4. The topological polar surface area (TPSA) is 52.7 Å². The van der Waals surface area contributed by atoms with Crippen molar-refractivity contribution in [3.63, 3.8) is 0 Å². The quantitative estimate of drug-likeness (QED) is 0.499. The average molecular weight is 525 g/mol. The first-order chi connectivity index (χ1) is 16.2. The van der Waals surface area contributed by atoms with Crippen molar-refractivity contribution >= 4 is 33.2 Å². The molecule has 2 aromatic carbocycles. The number of benzene rings is 2. The van der Waals surface area contributed by atoms with Crippen LogP contribution in [0.2, 0.25) is 10.0 Å². The van der Waals surface area contributed by atoms with Gasteiger partial charge in [0.25, 0.3) is 0 Å². The number of rotatable bonds is 9. The van der Waals surface area contributed by atoms with Gasteiger partial charge in [-0.15, -0.1) is 0 Å². The van der Waals surface area contributed by atoms with Crippen molar-refractivity contribution < 1.29 is 8.42 Å². The van der Waals surface area contributed by atoms with Gasteiger partial charge in [0.1, 0.15) is 0 Å². The Hall–Kier alpha value is -1.15. The Morgan fingerprint density at radius 3 is 1.88 bits per heavy atom. The molecule has 1 N–H and O–H groups in total. The fourth-order valence-corrected chi connectivity index (χ4v) is 7.13. The Balaban J connectivity index is 1.34. The Morgan fingerprint density at radius 1 is 0.912 bits per heavy atom. The molecular formula is C26H35Cl2N3O2S. The average Bonchev–Trinajstić information content (AvgIpc) is 2.75. The van der Waals surface area contributed by atoms with E-state index in [4.69, 9.17) is 23.2 Å². The molecule has 2 heterocycles. The number of piperidine rings is 1. The molecule has 0 aromatic heterocycles. The molecule has 5 nitrogen and oxygen atoms in total. The van der Waals surface area contributed by atoms with Crippen LogP contribution in [0.3, 0.4) is 0 Å². The molecule has 8 heteroatoms. The maximum Gasteiger partial charge on any atom is 0.212 e. The van der Waals surface area contributed by atoms with Crippen molar-refractivity contribution in [2.75, 3.05) is 38.5 Å². The summed E-state index contributed by atoms with van der Waals surface area (Å²) < 4.78 is 28.7. The largest absolute Gasteiger partial charge is 0.303 e. The van der Waals surface area contributed by atoms with Crippen LogP contribution in [0.15, 0.2) is 48.5 Å². The summed E-state index contributed by atoms with van der Waals surface area (Å²) in [5, 5.41) is 1.39. The lowest BCUT2D eigenvalue weighted by Crippen LogP contribution is -2.60. The van der Waals surface area contributed by atoms with Crippen LogP contribution in [-0.4, -0.2) is 62.7 Å². The predicted octanol–water partition coefficient (Wildman–Crippen LogP) is 5.05. The fraction of sp³-hybridized carbons (Fsp3) is 0.538. The van der Waals surface area contributed by atoms with Crippen LogP contribution in [0.5, 0.6) is 0 Å². The van der Waals surface area contributed by atoms with Crippen LogP contribution in [0.1, 0.15) is 43.9 Å². The summed E-state index contributed by atoms with van der Waals surface area (Å²) in [6.07, 6.45) is 1.92. The van der Waals surface area contributed by atoms with E-state index in [1.807, 2.05) is 48.5 Å². The first-order valence-corrected chi connectivity index (χ1v) is 14.6. The summed E-state index contributed by atoms with van der Waals surface area (Å²) in [6, 6.07) is 15.7. The van der Waals surface area contributed by atoms with E-state index < -0.39 is 10.0 Å². The second-order valence-corrected chi connectivity index (χ2v) is 12.9. The first-order valence-electron chi connectivity index (χ1n) is 12.2. The van der Waals surface area contributed by atoms with E-state index in [1.165, 1.54) is 0 Å². The third-order valence-electron chi connectivity index (χ3n) is 6.78. The van der Waals surface area contributed by atoms with Gasteiger partial charge in [0, 0.05) is 35.7 Å². The third-order valence-corrected chi connectivity index (χ3v) is 8.88. The van der Waals surface area contributed by atoms with Gasteiger partial charge >= 0.3 is 0 Å². The monoisotopic (exact) mass is 523 g/mol. The van der Waals surface area contributed by atoms with Gasteiger partial charge in [0.2, 0.25) is 10.0 Å². The minimum absolute atomic E-state index is 0.0283. The maximum atomic E-state index is 12.9. The second kappa shape index (κ2) is 11.3. The summed E-state index contributed by atoms with van der Waals surface area (Å²) in [4.78, 5) is 4.75. The lowest BCUT2D eigenvalue weighted by Gasteiger charge is -2.45. The predicted molar refractivity (Wildman–Crippen MR) is 141 cm³/mol. The van der Waals surface area contributed by atoms with Gasteiger partial charge in [-0.25, -0.2) is 13.1 Å². The highest BCUT2D eigenvalue weighted by Gasteiger charge is 2.37. The van der Waals surface area contributed by atoms with Gasteiger partial charge in [0.15, 0.2) is 0 Å². The molecule has 0 radical (unpaired) electrons. The molecule has 0 atom stereocenters. The summed E-state index contributed by atoms with van der Waals surface area (Å²) >= 11 is 12.2. The normalized spacial score (nSPS) is 19.1. The molecule has 0 amide bonds. The van der Waals surface area contributed by atoms with Crippen molar-refractivity contribution in [2.45, 2.75) is 38.8 Å². The van der Waals surface area contributed by atoms with E-state index >= 15 is 0 Å². The number of halogens is 2. The molecule has 2 saturated heterocycles. The molecule has 2 fully saturated rings. The summed E-state index contributed by atoms with van der Waals surface area (Å²) in [5.41, 5.74) is 2.25. The second-order valence-electron chi connectivity index (χ2n) is 10.2. The standard InChI is InChI=1S/C26H35Cl2N3O2S/c1-19(2)15-30-13-11-20(12-14-30)18-34(32,33)29-25-16-31(17-25)26(21-3-7-23(27)8-4-21)22-5-9-24(28)10-6-22/h3-10,19-20,25-26,29H,11-18H2,1-2H3. The zero-order valence-corrected chi connectivity index (χ0v) is 22.3. The van der Waals surface area contributed by atoms with E-state index in [1.54, 1.807) is 0 Å². The molecule has 0 spiro atoms. The number of likely N-dealkylation sites (tertiary alicyclic amines) is 2. The smallest absolute Gasteiger partial charge is 0.212 e. The summed E-state index contributed by atoms with van der Waals surface area (Å²) in [5.74, 6) is 1.12. The van der Waals surface area contributed by atoms with Crippen LogP contribution in [0.25, 0.3) is 0 Å². The first kappa shape index (κ1) is 25.9. The van der Waals surface area contributed by atoms with E-state index in [9.17, 15) is 8.42 Å². The third kappa shape index (κ3) is 6.96. The highest BCUT2D eigenvalue weighted by Crippen LogP contribution is 2.34. The lowest BCUT2D eigenvalue weighted by molar-refractivity contribution is 0.105. The van der Waals surface area contributed by atoms with Crippen LogP contribution in [0.4, 0.5) is 0 Å². The van der Waals surface area contributed by atoms with Crippen molar-refractivity contribution in [1.82, 2.24) is 14.5 Å².